The third-order valence-electron chi connectivity index (χ3n) is 6.19. The van der Waals surface area contributed by atoms with Gasteiger partial charge in [0.2, 0.25) is 17.7 Å². The Kier molecular flexibility index (Phi) is 5.14. The van der Waals surface area contributed by atoms with Crippen molar-refractivity contribution in [1.82, 2.24) is 4.90 Å². The van der Waals surface area contributed by atoms with Crippen molar-refractivity contribution in [2.24, 2.45) is 5.92 Å². The van der Waals surface area contributed by atoms with Gasteiger partial charge in [0, 0.05) is 25.4 Å². The van der Waals surface area contributed by atoms with Gasteiger partial charge in [0.25, 0.3) is 0 Å². The van der Waals surface area contributed by atoms with Crippen LogP contribution in [0.3, 0.4) is 0 Å². The molecule has 1 N–H and O–H groups in total. The summed E-state index contributed by atoms with van der Waals surface area (Å²) < 4.78 is 0. The number of carbonyl (C=O) groups is 3. The van der Waals surface area contributed by atoms with E-state index in [1.54, 1.807) is 6.07 Å². The Bertz CT molecular complexity index is 746. The molecule has 0 radical (unpaired) electrons. The van der Waals surface area contributed by atoms with Gasteiger partial charge in [-0.3, -0.25) is 14.4 Å². The van der Waals surface area contributed by atoms with Gasteiger partial charge in [-0.25, -0.2) is 0 Å². The number of benzene rings is 1. The topological polar surface area (TPSA) is 69.7 Å². The Morgan fingerprint density at radius 2 is 1.74 bits per heavy atom. The number of para-hydroxylation sites is 2. The molecule has 144 valence electrons. The lowest BCUT2D eigenvalue weighted by molar-refractivity contribution is -0.139. The molecule has 2 heterocycles. The number of hydrogen-bond donors (Lipinski definition) is 1. The van der Waals surface area contributed by atoms with E-state index in [1.807, 2.05) is 23.1 Å². The molecule has 1 saturated heterocycles. The van der Waals surface area contributed by atoms with Crippen molar-refractivity contribution >= 4 is 29.1 Å². The Labute approximate surface area is 159 Å². The summed E-state index contributed by atoms with van der Waals surface area (Å²) in [6.45, 7) is 0.835. The molecule has 6 heteroatoms. The van der Waals surface area contributed by atoms with Crippen LogP contribution in [0.1, 0.15) is 51.4 Å². The number of nitrogens with one attached hydrogen (secondary N) is 1. The molecule has 0 spiro atoms. The highest BCUT2D eigenvalue weighted by Gasteiger charge is 2.36. The van der Waals surface area contributed by atoms with Crippen molar-refractivity contribution in [3.8, 4) is 0 Å². The Balaban J connectivity index is 1.39. The molecule has 2 atom stereocenters. The largest absolute Gasteiger partial charge is 0.339 e. The van der Waals surface area contributed by atoms with Crippen LogP contribution in [-0.2, 0) is 14.4 Å². The lowest BCUT2D eigenvalue weighted by Crippen LogP contribution is -2.50. The highest BCUT2D eigenvalue weighted by molar-refractivity contribution is 6.10. The van der Waals surface area contributed by atoms with Gasteiger partial charge in [-0.15, -0.1) is 0 Å². The molecule has 1 saturated carbocycles. The second-order valence-electron chi connectivity index (χ2n) is 7.89. The number of piperidine rings is 1. The number of hydrogen-bond acceptors (Lipinski definition) is 3. The number of amides is 3. The molecule has 3 amide bonds. The van der Waals surface area contributed by atoms with Gasteiger partial charge >= 0.3 is 0 Å². The van der Waals surface area contributed by atoms with Crippen LogP contribution < -0.4 is 10.2 Å². The fraction of sp³-hybridized carbons (Fsp3) is 0.571. The van der Waals surface area contributed by atoms with E-state index < -0.39 is 0 Å². The quantitative estimate of drug-likeness (QED) is 0.891. The van der Waals surface area contributed by atoms with Gasteiger partial charge in [-0.2, -0.15) is 0 Å². The van der Waals surface area contributed by atoms with Crippen LogP contribution in [0, 0.1) is 5.92 Å². The van der Waals surface area contributed by atoms with Gasteiger partial charge in [0.1, 0.15) is 6.54 Å². The van der Waals surface area contributed by atoms with Crippen molar-refractivity contribution in [3.05, 3.63) is 24.3 Å². The Morgan fingerprint density at radius 1 is 1.00 bits per heavy atom. The van der Waals surface area contributed by atoms with Crippen LogP contribution in [0.15, 0.2) is 24.3 Å². The second kappa shape index (κ2) is 7.71. The lowest BCUT2D eigenvalue weighted by atomic mass is 9.78. The zero-order valence-corrected chi connectivity index (χ0v) is 15.7. The SMILES string of the molecule is O=C1CN(C(=O)CCC(=O)N2CCCC3CCCCC32)c2ccccc2N1. The van der Waals surface area contributed by atoms with Crippen LogP contribution in [0.2, 0.25) is 0 Å². The maximum absolute atomic E-state index is 12.8. The zero-order valence-electron chi connectivity index (χ0n) is 15.7. The first-order chi connectivity index (χ1) is 13.1. The molecule has 6 nitrogen and oxygen atoms in total. The average Bonchev–Trinajstić information content (AvgIpc) is 2.70. The molecule has 3 aliphatic rings. The molecule has 2 aliphatic heterocycles. The summed E-state index contributed by atoms with van der Waals surface area (Å²) in [5.74, 6) is 0.372. The van der Waals surface area contributed by atoms with E-state index >= 15 is 0 Å². The van der Waals surface area contributed by atoms with Gasteiger partial charge < -0.3 is 15.1 Å². The molecule has 2 unspecified atom stereocenters. The lowest BCUT2D eigenvalue weighted by Gasteiger charge is -2.44. The van der Waals surface area contributed by atoms with Gasteiger partial charge in [-0.1, -0.05) is 25.0 Å². The van der Waals surface area contributed by atoms with E-state index in [4.69, 9.17) is 0 Å². The molecule has 0 bridgehead atoms. The number of likely N-dealkylation sites (tertiary alicyclic amines) is 1. The highest BCUT2D eigenvalue weighted by Crippen LogP contribution is 2.36. The smallest absolute Gasteiger partial charge is 0.244 e. The molecule has 4 rings (SSSR count). The monoisotopic (exact) mass is 369 g/mol. The standard InChI is InChI=1S/C21H27N3O3/c25-19-14-24(18-10-4-2-8-16(18)22-19)21(27)12-11-20(26)23-13-5-7-15-6-1-3-9-17(15)23/h2,4,8,10,15,17H,1,3,5-7,9,11-14H2,(H,22,25). The normalized spacial score (nSPS) is 24.7. The van der Waals surface area contributed by atoms with Crippen LogP contribution in [0.25, 0.3) is 0 Å². The van der Waals surface area contributed by atoms with Crippen LogP contribution >= 0.6 is 0 Å². The molecule has 2 fully saturated rings. The number of carbonyl (C=O) groups excluding carboxylic acids is 3. The highest BCUT2D eigenvalue weighted by atomic mass is 16.2. The van der Waals surface area contributed by atoms with Crippen molar-refractivity contribution in [3.63, 3.8) is 0 Å². The second-order valence-corrected chi connectivity index (χ2v) is 7.89. The summed E-state index contributed by atoms with van der Waals surface area (Å²) >= 11 is 0. The van der Waals surface area contributed by atoms with E-state index in [0.29, 0.717) is 23.3 Å². The Morgan fingerprint density at radius 3 is 2.63 bits per heavy atom. The molecule has 27 heavy (non-hydrogen) atoms. The first-order valence-corrected chi connectivity index (χ1v) is 10.1. The van der Waals surface area contributed by atoms with Crippen molar-refractivity contribution in [1.29, 1.82) is 0 Å². The summed E-state index contributed by atoms with van der Waals surface area (Å²) in [6, 6.07) is 7.66. The van der Waals surface area contributed by atoms with Crippen molar-refractivity contribution < 1.29 is 14.4 Å². The third kappa shape index (κ3) is 3.70. The van der Waals surface area contributed by atoms with E-state index in [-0.39, 0.29) is 37.1 Å². The van der Waals surface area contributed by atoms with Crippen molar-refractivity contribution in [2.75, 3.05) is 23.3 Å². The summed E-state index contributed by atoms with van der Waals surface area (Å²) in [4.78, 5) is 41.0. The predicted molar refractivity (Wildman–Crippen MR) is 103 cm³/mol. The summed E-state index contributed by atoms with van der Waals surface area (Å²) in [7, 11) is 0. The van der Waals surface area contributed by atoms with E-state index in [9.17, 15) is 14.4 Å². The third-order valence-corrected chi connectivity index (χ3v) is 6.19. The molecule has 1 aliphatic carbocycles. The first kappa shape index (κ1) is 18.0. The minimum atomic E-state index is -0.200. The van der Waals surface area contributed by atoms with Crippen LogP contribution in [-0.4, -0.2) is 41.8 Å². The van der Waals surface area contributed by atoms with Gasteiger partial charge in [-0.05, 0) is 43.7 Å². The van der Waals surface area contributed by atoms with E-state index in [1.165, 1.54) is 30.6 Å². The Hall–Kier alpha value is -2.37. The maximum Gasteiger partial charge on any atom is 0.244 e. The van der Waals surface area contributed by atoms with Crippen molar-refractivity contribution in [2.45, 2.75) is 57.4 Å². The molecule has 1 aromatic carbocycles. The minimum absolute atomic E-state index is 0.0124. The van der Waals surface area contributed by atoms with Gasteiger partial charge in [0.15, 0.2) is 0 Å². The zero-order chi connectivity index (χ0) is 18.8. The summed E-state index contributed by atoms with van der Waals surface area (Å²) in [5.41, 5.74) is 1.36. The van der Waals surface area contributed by atoms with Crippen LogP contribution in [0.5, 0.6) is 0 Å². The number of fused-ring (bicyclic) bond motifs is 2. The fourth-order valence-electron chi connectivity index (χ4n) is 4.88. The van der Waals surface area contributed by atoms with Gasteiger partial charge in [0.05, 0.1) is 11.4 Å². The molecule has 1 aromatic rings. The average molecular weight is 369 g/mol. The summed E-state index contributed by atoms with van der Waals surface area (Å²) in [6.07, 6.45) is 7.48. The molecular formula is C21H27N3O3. The fourth-order valence-corrected chi connectivity index (χ4v) is 4.88. The molecule has 0 aromatic heterocycles. The maximum atomic E-state index is 12.8. The van der Waals surface area contributed by atoms with Crippen LogP contribution in [0.4, 0.5) is 11.4 Å². The van der Waals surface area contributed by atoms with E-state index in [2.05, 4.69) is 5.32 Å². The number of nitrogens with zero attached hydrogens (tertiary/aromatic N) is 2. The minimum Gasteiger partial charge on any atom is -0.339 e. The first-order valence-electron chi connectivity index (χ1n) is 10.1. The summed E-state index contributed by atoms with van der Waals surface area (Å²) in [5, 5.41) is 2.78. The molecular weight excluding hydrogens is 342 g/mol. The number of rotatable bonds is 3. The predicted octanol–water partition coefficient (Wildman–Crippen LogP) is 2.93. The van der Waals surface area contributed by atoms with E-state index in [0.717, 1.165) is 19.4 Å². The number of anilines is 2.